The lowest BCUT2D eigenvalue weighted by Crippen LogP contribution is -2.60. The van der Waals surface area contributed by atoms with Crippen LogP contribution in [0.3, 0.4) is 0 Å². The normalized spacial score (nSPS) is 26.9. The number of aromatic amines is 1. The van der Waals surface area contributed by atoms with E-state index in [0.717, 1.165) is 12.3 Å². The molecule has 0 bridgehead atoms. The average molecular weight is 468 g/mol. The Morgan fingerprint density at radius 2 is 1.52 bits per heavy atom. The van der Waals surface area contributed by atoms with E-state index in [1.165, 1.54) is 0 Å². The summed E-state index contributed by atoms with van der Waals surface area (Å²) in [7, 11) is 0. The first-order chi connectivity index (χ1) is 14.5. The molecule has 2 aromatic rings. The number of hydrogen-bond donors (Lipinski definition) is 3. The number of nitrogens with one attached hydrogen (secondary N) is 1. The lowest BCUT2D eigenvalue weighted by atomic mass is 9.92. The molecule has 3 N–H and O–H groups in total. The second-order valence-electron chi connectivity index (χ2n) is 6.51. The van der Waals surface area contributed by atoms with Gasteiger partial charge in [-0.1, -0.05) is 0 Å². The van der Waals surface area contributed by atoms with Gasteiger partial charge in [-0.25, -0.2) is 26.7 Å². The molecule has 1 aromatic carbocycles. The maximum atomic E-state index is 14.4. The van der Waals surface area contributed by atoms with E-state index < -0.39 is 81.5 Å². The number of rotatable bonds is 3. The van der Waals surface area contributed by atoms with Crippen molar-refractivity contribution in [2.45, 2.75) is 30.3 Å². The van der Waals surface area contributed by atoms with Crippen LogP contribution in [0.2, 0.25) is 0 Å². The van der Waals surface area contributed by atoms with Crippen molar-refractivity contribution in [1.29, 1.82) is 0 Å². The summed E-state index contributed by atoms with van der Waals surface area (Å²) in [6, 6.07) is 0.864. The summed E-state index contributed by atoms with van der Waals surface area (Å²) >= 11 is 4.53. The van der Waals surface area contributed by atoms with Crippen molar-refractivity contribution >= 4 is 17.5 Å². The number of aliphatic hydroxyl groups excluding tert-OH is 2. The standard InChI is InChI=1S/C16H9F5N2O7S/c17-5-4(6(18)8(20)9(21)7(5)19)16(29-15(31)30-16)12-10(25)11(26)13(28-12)23-2-1-3(24)22-14(23)27/h1-2,10-13,25-26H,(H,22,24,27)/t10-,11+,12-,13+/m0/s1. The van der Waals surface area contributed by atoms with Crippen LogP contribution >= 0.6 is 12.2 Å². The molecule has 0 radical (unpaired) electrons. The summed E-state index contributed by atoms with van der Waals surface area (Å²) in [6.45, 7) is 0. The molecule has 3 heterocycles. The number of nitrogens with zero attached hydrogens (tertiary/aromatic N) is 1. The fourth-order valence-electron chi connectivity index (χ4n) is 3.36. The molecule has 0 aliphatic carbocycles. The first kappa shape index (κ1) is 21.4. The molecule has 0 saturated carbocycles. The fourth-order valence-corrected chi connectivity index (χ4v) is 3.61. The third-order valence-electron chi connectivity index (χ3n) is 4.77. The molecule has 2 aliphatic heterocycles. The third kappa shape index (κ3) is 2.95. The predicted octanol–water partition coefficient (Wildman–Crippen LogP) is 0.0360. The summed E-state index contributed by atoms with van der Waals surface area (Å²) in [6.07, 6.45) is -7.16. The summed E-state index contributed by atoms with van der Waals surface area (Å²) in [5, 5.41) is 19.9. The number of ether oxygens (including phenoxy) is 3. The van der Waals surface area contributed by atoms with Gasteiger partial charge in [0.1, 0.15) is 17.8 Å². The summed E-state index contributed by atoms with van der Waals surface area (Å²) in [5.41, 5.74) is -3.57. The van der Waals surface area contributed by atoms with Gasteiger partial charge in [0.2, 0.25) is 5.82 Å². The summed E-state index contributed by atoms with van der Waals surface area (Å²) < 4.78 is 85.5. The van der Waals surface area contributed by atoms with E-state index in [2.05, 4.69) is 12.2 Å². The molecule has 4 rings (SSSR count). The topological polar surface area (TPSA) is 123 Å². The van der Waals surface area contributed by atoms with Crippen LogP contribution < -0.4 is 11.2 Å². The first-order valence-corrected chi connectivity index (χ1v) is 8.67. The van der Waals surface area contributed by atoms with Crippen molar-refractivity contribution in [3.63, 3.8) is 0 Å². The monoisotopic (exact) mass is 468 g/mol. The highest BCUT2D eigenvalue weighted by atomic mass is 32.1. The van der Waals surface area contributed by atoms with Crippen LogP contribution in [0.15, 0.2) is 21.9 Å². The van der Waals surface area contributed by atoms with Gasteiger partial charge in [-0.2, -0.15) is 0 Å². The molecular formula is C16H9F5N2O7S. The van der Waals surface area contributed by atoms with Crippen LogP contribution in [-0.4, -0.2) is 43.3 Å². The number of thiocarbonyl (C=S) groups is 1. The van der Waals surface area contributed by atoms with Crippen molar-refractivity contribution in [2.24, 2.45) is 0 Å². The van der Waals surface area contributed by atoms with Crippen LogP contribution in [0.25, 0.3) is 0 Å². The number of aliphatic hydroxyl groups is 2. The zero-order valence-electron chi connectivity index (χ0n) is 14.6. The summed E-state index contributed by atoms with van der Waals surface area (Å²) in [4.78, 5) is 25.0. The first-order valence-electron chi connectivity index (χ1n) is 8.26. The Balaban J connectivity index is 1.84. The average Bonchev–Trinajstić information content (AvgIpc) is 2.98. The van der Waals surface area contributed by atoms with Crippen molar-refractivity contribution in [3.05, 3.63) is 67.8 Å². The zero-order chi connectivity index (χ0) is 22.8. The third-order valence-corrected chi connectivity index (χ3v) is 4.93. The van der Waals surface area contributed by atoms with E-state index in [4.69, 9.17) is 14.2 Å². The highest BCUT2D eigenvalue weighted by Gasteiger charge is 2.66. The van der Waals surface area contributed by atoms with Gasteiger partial charge < -0.3 is 24.4 Å². The van der Waals surface area contributed by atoms with Gasteiger partial charge >= 0.3 is 16.7 Å². The molecule has 0 unspecified atom stereocenters. The van der Waals surface area contributed by atoms with E-state index in [1.807, 2.05) is 4.98 Å². The summed E-state index contributed by atoms with van der Waals surface area (Å²) in [5.74, 6) is -14.8. The van der Waals surface area contributed by atoms with Crippen molar-refractivity contribution in [3.8, 4) is 0 Å². The fraction of sp³-hybridized carbons (Fsp3) is 0.312. The predicted molar refractivity (Wildman–Crippen MR) is 89.9 cm³/mol. The number of halogens is 5. The van der Waals surface area contributed by atoms with E-state index in [0.29, 0.717) is 4.57 Å². The van der Waals surface area contributed by atoms with Crippen LogP contribution in [0, 0.1) is 29.1 Å². The molecule has 9 nitrogen and oxygen atoms in total. The van der Waals surface area contributed by atoms with Crippen LogP contribution in [0.4, 0.5) is 22.0 Å². The highest BCUT2D eigenvalue weighted by molar-refractivity contribution is 7.79. The van der Waals surface area contributed by atoms with Gasteiger partial charge in [-0.15, -0.1) is 0 Å². The quantitative estimate of drug-likeness (QED) is 0.250. The molecule has 166 valence electrons. The van der Waals surface area contributed by atoms with Gasteiger partial charge in [-0.05, 0) is 0 Å². The Bertz CT molecular complexity index is 1180. The Kier molecular flexibility index (Phi) is 4.88. The maximum Gasteiger partial charge on any atom is 0.359 e. The molecule has 2 fully saturated rings. The number of H-pyrrole nitrogens is 1. The molecule has 1 aromatic heterocycles. The van der Waals surface area contributed by atoms with Crippen LogP contribution in [0.1, 0.15) is 11.8 Å². The van der Waals surface area contributed by atoms with E-state index in [-0.39, 0.29) is 0 Å². The van der Waals surface area contributed by atoms with Gasteiger partial charge in [-0.3, -0.25) is 14.3 Å². The molecule has 2 saturated heterocycles. The Morgan fingerprint density at radius 3 is 2.03 bits per heavy atom. The minimum Gasteiger partial charge on any atom is -0.406 e. The van der Waals surface area contributed by atoms with Gasteiger partial charge in [0.25, 0.3) is 5.56 Å². The van der Waals surface area contributed by atoms with Crippen molar-refractivity contribution in [2.75, 3.05) is 0 Å². The molecule has 2 aliphatic rings. The Labute approximate surface area is 172 Å². The zero-order valence-corrected chi connectivity index (χ0v) is 15.5. The van der Waals surface area contributed by atoms with Gasteiger partial charge in [0, 0.05) is 24.5 Å². The number of aromatic nitrogens is 2. The highest BCUT2D eigenvalue weighted by Crippen LogP contribution is 2.49. The molecular weight excluding hydrogens is 459 g/mol. The van der Waals surface area contributed by atoms with E-state index in [9.17, 15) is 41.8 Å². The molecule has 15 heteroatoms. The second kappa shape index (κ2) is 7.08. The Hall–Kier alpha value is -2.88. The van der Waals surface area contributed by atoms with Gasteiger partial charge in [0.05, 0.1) is 0 Å². The molecule has 0 spiro atoms. The minimum absolute atomic E-state index is 0.610. The largest absolute Gasteiger partial charge is 0.406 e. The van der Waals surface area contributed by atoms with E-state index in [1.54, 1.807) is 0 Å². The second-order valence-corrected chi connectivity index (χ2v) is 6.85. The Morgan fingerprint density at radius 1 is 0.968 bits per heavy atom. The van der Waals surface area contributed by atoms with Crippen molar-refractivity contribution in [1.82, 2.24) is 9.55 Å². The van der Waals surface area contributed by atoms with Crippen LogP contribution in [-0.2, 0) is 20.0 Å². The smallest absolute Gasteiger partial charge is 0.359 e. The van der Waals surface area contributed by atoms with Crippen LogP contribution in [0.5, 0.6) is 0 Å². The number of benzene rings is 1. The lowest BCUT2D eigenvalue weighted by molar-refractivity contribution is -0.316. The minimum atomic E-state index is -2.98. The SMILES string of the molecule is O=c1ccn([C@@H]2O[C@H](C3(c4c(F)c(F)c(F)c(F)c4F)OC(=S)O3)[C@@H](O)[C@H]2O)c(=O)[nH]1. The van der Waals surface area contributed by atoms with Crippen molar-refractivity contribution < 1.29 is 46.4 Å². The van der Waals surface area contributed by atoms with Gasteiger partial charge in [0.15, 0.2) is 35.6 Å². The maximum absolute atomic E-state index is 14.4. The lowest BCUT2D eigenvalue weighted by Gasteiger charge is -2.45. The molecule has 4 atom stereocenters. The molecule has 0 amide bonds. The number of hydrogen-bond acceptors (Lipinski definition) is 8. The van der Waals surface area contributed by atoms with E-state index >= 15 is 0 Å². The molecule has 31 heavy (non-hydrogen) atoms.